The highest BCUT2D eigenvalue weighted by atomic mass is 35.5. The quantitative estimate of drug-likeness (QED) is 0.638. The Balaban J connectivity index is 1.78. The molecule has 0 N–H and O–H groups in total. The van der Waals surface area contributed by atoms with Crippen molar-refractivity contribution in [2.24, 2.45) is 0 Å². The zero-order valence-electron chi connectivity index (χ0n) is 12.5. The van der Waals surface area contributed by atoms with Crippen LogP contribution in [0.25, 0.3) is 0 Å². The van der Waals surface area contributed by atoms with Gasteiger partial charge in [-0.1, -0.05) is 54.1 Å². The number of benzene rings is 2. The van der Waals surface area contributed by atoms with Crippen LogP contribution in [0.2, 0.25) is 5.02 Å². The molecule has 1 heterocycles. The van der Waals surface area contributed by atoms with Crippen LogP contribution < -0.4 is 0 Å². The van der Waals surface area contributed by atoms with Crippen molar-refractivity contribution >= 4 is 23.4 Å². The van der Waals surface area contributed by atoms with E-state index in [9.17, 15) is 9.59 Å². The molecule has 0 aliphatic carbocycles. The molecule has 0 aromatic heterocycles. The molecule has 0 radical (unpaired) electrons. The highest BCUT2D eigenvalue weighted by Gasteiger charge is 2.54. The number of hydrogen-bond donors (Lipinski definition) is 0. The van der Waals surface area contributed by atoms with Gasteiger partial charge in [0, 0.05) is 10.6 Å². The van der Waals surface area contributed by atoms with Crippen molar-refractivity contribution in [2.45, 2.75) is 25.2 Å². The highest BCUT2D eigenvalue weighted by Crippen LogP contribution is 2.35. The number of carbonyl (C=O) groups excluding carboxylic acids is 2. The van der Waals surface area contributed by atoms with Gasteiger partial charge in [0.2, 0.25) is 11.9 Å². The van der Waals surface area contributed by atoms with Gasteiger partial charge >= 0.3 is 5.97 Å². The number of halogens is 1. The van der Waals surface area contributed by atoms with Crippen LogP contribution in [0.1, 0.15) is 18.1 Å². The molecule has 118 valence electrons. The smallest absolute Gasteiger partial charge is 0.344 e. The van der Waals surface area contributed by atoms with Crippen LogP contribution in [0.15, 0.2) is 54.6 Å². The van der Waals surface area contributed by atoms with Crippen molar-refractivity contribution in [3.63, 3.8) is 0 Å². The fraction of sp³-hybridized carbons (Fsp3) is 0.222. The summed E-state index contributed by atoms with van der Waals surface area (Å²) < 4.78 is 10.8. The van der Waals surface area contributed by atoms with Gasteiger partial charge in [-0.05, 0) is 24.6 Å². The third kappa shape index (κ3) is 3.00. The Hall–Kier alpha value is -2.17. The summed E-state index contributed by atoms with van der Waals surface area (Å²) in [5.41, 5.74) is 0.113. The topological polar surface area (TPSA) is 52.6 Å². The van der Waals surface area contributed by atoms with E-state index in [2.05, 4.69) is 0 Å². The number of rotatable bonds is 4. The van der Waals surface area contributed by atoms with Crippen molar-refractivity contribution in [1.82, 2.24) is 0 Å². The van der Waals surface area contributed by atoms with Crippen LogP contribution in [0.4, 0.5) is 0 Å². The second kappa shape index (κ2) is 6.14. The molecule has 1 aliphatic rings. The Morgan fingerprint density at radius 3 is 2.39 bits per heavy atom. The Morgan fingerprint density at radius 1 is 1.09 bits per heavy atom. The monoisotopic (exact) mass is 330 g/mol. The molecule has 23 heavy (non-hydrogen) atoms. The molecule has 2 atom stereocenters. The van der Waals surface area contributed by atoms with Gasteiger partial charge in [-0.2, -0.15) is 0 Å². The van der Waals surface area contributed by atoms with Gasteiger partial charge in [-0.15, -0.1) is 0 Å². The molecule has 2 aromatic rings. The number of esters is 1. The maximum absolute atomic E-state index is 12.6. The SMILES string of the molecule is CC1(c2ccc(Cl)cc2)OC(=O)C(OCc2ccccc2)C1=O. The van der Waals surface area contributed by atoms with Gasteiger partial charge in [0.25, 0.3) is 0 Å². The Labute approximate surface area is 139 Å². The first kappa shape index (κ1) is 15.7. The Kier molecular flexibility index (Phi) is 4.20. The number of Topliss-reactive ketones (excluding diaryl/α,β-unsaturated/α-hetero) is 1. The van der Waals surface area contributed by atoms with Crippen molar-refractivity contribution < 1.29 is 19.1 Å². The van der Waals surface area contributed by atoms with Crippen molar-refractivity contribution in [1.29, 1.82) is 0 Å². The van der Waals surface area contributed by atoms with Gasteiger partial charge in [-0.25, -0.2) is 4.79 Å². The first-order chi connectivity index (χ1) is 11.0. The highest BCUT2D eigenvalue weighted by molar-refractivity contribution is 6.30. The fourth-order valence-electron chi connectivity index (χ4n) is 2.53. The predicted octanol–water partition coefficient (Wildman–Crippen LogP) is 3.27. The molecule has 4 nitrogen and oxygen atoms in total. The minimum atomic E-state index is -1.34. The minimum Gasteiger partial charge on any atom is -0.444 e. The largest absolute Gasteiger partial charge is 0.444 e. The van der Waals surface area contributed by atoms with E-state index in [1.165, 1.54) is 0 Å². The molecule has 1 aliphatic heterocycles. The minimum absolute atomic E-state index is 0.170. The standard InChI is InChI=1S/C18H15ClO4/c1-18(13-7-9-14(19)10-8-13)16(20)15(17(21)23-18)22-11-12-5-3-2-4-6-12/h2-10,15H,11H2,1H3. The van der Waals surface area contributed by atoms with E-state index in [-0.39, 0.29) is 6.61 Å². The number of ketones is 1. The van der Waals surface area contributed by atoms with Gasteiger partial charge in [0.1, 0.15) is 0 Å². The average Bonchev–Trinajstić information content (AvgIpc) is 2.77. The summed E-state index contributed by atoms with van der Waals surface area (Å²) in [7, 11) is 0. The average molecular weight is 331 g/mol. The maximum Gasteiger partial charge on any atom is 0.344 e. The zero-order valence-corrected chi connectivity index (χ0v) is 13.2. The summed E-state index contributed by atoms with van der Waals surface area (Å²) in [6.45, 7) is 1.74. The third-order valence-corrected chi connectivity index (χ3v) is 4.13. The molecule has 0 amide bonds. The lowest BCUT2D eigenvalue weighted by Crippen LogP contribution is -2.34. The molecule has 2 aromatic carbocycles. The lowest BCUT2D eigenvalue weighted by molar-refractivity contribution is -0.155. The summed E-state index contributed by atoms with van der Waals surface area (Å²) >= 11 is 5.86. The van der Waals surface area contributed by atoms with Crippen LogP contribution >= 0.6 is 11.6 Å². The molecule has 0 spiro atoms. The van der Waals surface area contributed by atoms with Crippen molar-refractivity contribution in [2.75, 3.05) is 0 Å². The number of ether oxygens (including phenoxy) is 2. The van der Waals surface area contributed by atoms with Gasteiger partial charge < -0.3 is 9.47 Å². The number of cyclic esters (lactones) is 1. The lowest BCUT2D eigenvalue weighted by atomic mass is 9.91. The third-order valence-electron chi connectivity index (χ3n) is 3.88. The van der Waals surface area contributed by atoms with Crippen molar-refractivity contribution in [3.05, 3.63) is 70.7 Å². The van der Waals surface area contributed by atoms with Crippen LogP contribution in [0.5, 0.6) is 0 Å². The number of carbonyl (C=O) groups is 2. The first-order valence-corrected chi connectivity index (χ1v) is 7.57. The van der Waals surface area contributed by atoms with E-state index in [1.807, 2.05) is 30.3 Å². The van der Waals surface area contributed by atoms with E-state index in [0.29, 0.717) is 10.6 Å². The molecule has 0 bridgehead atoms. The lowest BCUT2D eigenvalue weighted by Gasteiger charge is -2.21. The Morgan fingerprint density at radius 2 is 1.74 bits per heavy atom. The van der Waals surface area contributed by atoms with Crippen LogP contribution in [0, 0.1) is 0 Å². The second-order valence-electron chi connectivity index (χ2n) is 5.50. The maximum atomic E-state index is 12.6. The Bertz CT molecular complexity index is 726. The molecule has 1 fully saturated rings. The molecular weight excluding hydrogens is 316 g/mol. The van der Waals surface area contributed by atoms with Gasteiger partial charge in [0.15, 0.2) is 5.60 Å². The van der Waals surface area contributed by atoms with Crippen LogP contribution in [-0.2, 0) is 31.3 Å². The first-order valence-electron chi connectivity index (χ1n) is 7.19. The van der Waals surface area contributed by atoms with E-state index in [0.717, 1.165) is 5.56 Å². The van der Waals surface area contributed by atoms with E-state index in [4.69, 9.17) is 21.1 Å². The van der Waals surface area contributed by atoms with Gasteiger partial charge in [-0.3, -0.25) is 4.79 Å². The van der Waals surface area contributed by atoms with Crippen LogP contribution in [-0.4, -0.2) is 17.9 Å². The molecule has 3 rings (SSSR count). The second-order valence-corrected chi connectivity index (χ2v) is 5.94. The summed E-state index contributed by atoms with van der Waals surface area (Å²) in [4.78, 5) is 24.7. The zero-order chi connectivity index (χ0) is 16.4. The summed E-state index contributed by atoms with van der Waals surface area (Å²) in [5.74, 6) is -1.07. The molecule has 1 saturated heterocycles. The van der Waals surface area contributed by atoms with Crippen molar-refractivity contribution in [3.8, 4) is 0 Å². The fourth-order valence-corrected chi connectivity index (χ4v) is 2.65. The van der Waals surface area contributed by atoms with E-state index in [1.54, 1.807) is 31.2 Å². The molecule has 2 unspecified atom stereocenters. The molecular formula is C18H15ClO4. The van der Waals surface area contributed by atoms with Gasteiger partial charge in [0.05, 0.1) is 6.61 Å². The van der Waals surface area contributed by atoms with E-state index >= 15 is 0 Å². The summed E-state index contributed by atoms with van der Waals surface area (Å²) in [6, 6.07) is 16.0. The summed E-state index contributed by atoms with van der Waals surface area (Å²) in [6.07, 6.45) is -1.21. The normalized spacial score (nSPS) is 23.8. The molecule has 5 heteroatoms. The molecule has 0 saturated carbocycles. The van der Waals surface area contributed by atoms with Crippen LogP contribution in [0.3, 0.4) is 0 Å². The predicted molar refractivity (Wildman–Crippen MR) is 84.9 cm³/mol. The summed E-state index contributed by atoms with van der Waals surface area (Å²) in [5, 5.41) is 0.547. The number of hydrogen-bond acceptors (Lipinski definition) is 4. The van der Waals surface area contributed by atoms with E-state index < -0.39 is 23.5 Å².